The smallest absolute Gasteiger partial charge is 0.305 e. The van der Waals surface area contributed by atoms with E-state index in [2.05, 4.69) is 13.8 Å². The van der Waals surface area contributed by atoms with Gasteiger partial charge in [-0.2, -0.15) is 0 Å². The molecule has 0 bridgehead atoms. The molecule has 0 atom stereocenters. The quantitative estimate of drug-likeness (QED) is 0.833. The van der Waals surface area contributed by atoms with E-state index in [-0.39, 0.29) is 18.9 Å². The van der Waals surface area contributed by atoms with Gasteiger partial charge in [0.2, 0.25) is 0 Å². The van der Waals surface area contributed by atoms with Gasteiger partial charge in [-0.25, -0.2) is 0 Å². The second kappa shape index (κ2) is 7.68. The number of benzene rings is 1. The van der Waals surface area contributed by atoms with Crippen LogP contribution in [0.1, 0.15) is 42.6 Å². The van der Waals surface area contributed by atoms with Crippen LogP contribution in [0.4, 0.5) is 0 Å². The number of aliphatic carboxylic acids is 1. The van der Waals surface area contributed by atoms with Crippen LogP contribution in [0.25, 0.3) is 0 Å². The molecule has 0 aliphatic carbocycles. The largest absolute Gasteiger partial charge is 0.481 e. The highest BCUT2D eigenvalue weighted by Crippen LogP contribution is 2.13. The summed E-state index contributed by atoms with van der Waals surface area (Å²) in [6, 6.07) is 7.41. The Kier molecular flexibility index (Phi) is 6.22. The maximum absolute atomic E-state index is 12.5. The molecular formula is C16H23NO3. The van der Waals surface area contributed by atoms with Crippen LogP contribution in [0.5, 0.6) is 0 Å². The summed E-state index contributed by atoms with van der Waals surface area (Å²) in [7, 11) is 0. The minimum Gasteiger partial charge on any atom is -0.481 e. The van der Waals surface area contributed by atoms with Crippen LogP contribution in [-0.4, -0.2) is 35.0 Å². The van der Waals surface area contributed by atoms with E-state index in [9.17, 15) is 9.59 Å². The van der Waals surface area contributed by atoms with Gasteiger partial charge in [0.15, 0.2) is 0 Å². The van der Waals surface area contributed by atoms with Crippen molar-refractivity contribution in [2.24, 2.45) is 5.92 Å². The molecule has 0 aliphatic heterocycles. The minimum atomic E-state index is -0.878. The lowest BCUT2D eigenvalue weighted by molar-refractivity contribution is -0.137. The molecule has 0 saturated heterocycles. The van der Waals surface area contributed by atoms with Crippen LogP contribution < -0.4 is 0 Å². The lowest BCUT2D eigenvalue weighted by atomic mass is 10.1. The Morgan fingerprint density at radius 2 is 1.85 bits per heavy atom. The summed E-state index contributed by atoms with van der Waals surface area (Å²) in [5.74, 6) is -0.478. The van der Waals surface area contributed by atoms with E-state index in [4.69, 9.17) is 5.11 Å². The van der Waals surface area contributed by atoms with E-state index in [1.807, 2.05) is 25.1 Å². The normalized spacial score (nSPS) is 10.6. The molecule has 110 valence electrons. The Hall–Kier alpha value is -1.84. The molecule has 0 radical (unpaired) electrons. The summed E-state index contributed by atoms with van der Waals surface area (Å²) in [4.78, 5) is 24.9. The highest BCUT2D eigenvalue weighted by Gasteiger charge is 2.18. The van der Waals surface area contributed by atoms with Crippen molar-refractivity contribution in [2.75, 3.05) is 13.1 Å². The monoisotopic (exact) mass is 277 g/mol. The minimum absolute atomic E-state index is 0.0181. The highest BCUT2D eigenvalue weighted by molar-refractivity contribution is 5.95. The first-order chi connectivity index (χ1) is 9.41. The number of carbonyl (C=O) groups excluding carboxylic acids is 1. The van der Waals surface area contributed by atoms with Crippen molar-refractivity contribution in [2.45, 2.75) is 33.6 Å². The zero-order chi connectivity index (χ0) is 15.1. The number of rotatable bonds is 7. The molecule has 0 heterocycles. The summed E-state index contributed by atoms with van der Waals surface area (Å²) in [6.07, 6.45) is 0.854. The van der Waals surface area contributed by atoms with Gasteiger partial charge in [0.05, 0.1) is 6.42 Å². The van der Waals surface area contributed by atoms with Crippen molar-refractivity contribution in [3.8, 4) is 0 Å². The maximum Gasteiger partial charge on any atom is 0.305 e. The van der Waals surface area contributed by atoms with Crippen LogP contribution in [-0.2, 0) is 4.79 Å². The van der Waals surface area contributed by atoms with Gasteiger partial charge in [-0.05, 0) is 30.9 Å². The van der Waals surface area contributed by atoms with Gasteiger partial charge in [0, 0.05) is 18.7 Å². The number of carbonyl (C=O) groups is 2. The predicted molar refractivity (Wildman–Crippen MR) is 78.8 cm³/mol. The van der Waals surface area contributed by atoms with Crippen molar-refractivity contribution in [1.82, 2.24) is 4.90 Å². The third-order valence-electron chi connectivity index (χ3n) is 3.23. The van der Waals surface area contributed by atoms with Gasteiger partial charge in [-0.3, -0.25) is 9.59 Å². The number of hydrogen-bond acceptors (Lipinski definition) is 2. The molecule has 4 heteroatoms. The number of carboxylic acids is 1. The van der Waals surface area contributed by atoms with E-state index in [0.29, 0.717) is 18.0 Å². The van der Waals surface area contributed by atoms with Crippen LogP contribution in [0.15, 0.2) is 24.3 Å². The van der Waals surface area contributed by atoms with Gasteiger partial charge < -0.3 is 10.0 Å². The molecule has 20 heavy (non-hydrogen) atoms. The highest BCUT2D eigenvalue weighted by atomic mass is 16.4. The second-order valence-corrected chi connectivity index (χ2v) is 5.43. The number of hydrogen-bond donors (Lipinski definition) is 1. The lowest BCUT2D eigenvalue weighted by Gasteiger charge is -2.23. The Bertz CT molecular complexity index is 469. The van der Waals surface area contributed by atoms with E-state index >= 15 is 0 Å². The fraction of sp³-hybridized carbons (Fsp3) is 0.500. The summed E-state index contributed by atoms with van der Waals surface area (Å²) < 4.78 is 0. The summed E-state index contributed by atoms with van der Waals surface area (Å²) >= 11 is 0. The fourth-order valence-electron chi connectivity index (χ4n) is 1.94. The van der Waals surface area contributed by atoms with E-state index in [1.165, 1.54) is 0 Å². The molecule has 4 nitrogen and oxygen atoms in total. The van der Waals surface area contributed by atoms with Gasteiger partial charge in [-0.1, -0.05) is 32.0 Å². The van der Waals surface area contributed by atoms with Gasteiger partial charge in [0.25, 0.3) is 5.91 Å². The molecule has 1 rings (SSSR count). The van der Waals surface area contributed by atoms with Crippen molar-refractivity contribution < 1.29 is 14.7 Å². The van der Waals surface area contributed by atoms with E-state index in [0.717, 1.165) is 12.0 Å². The molecule has 0 spiro atoms. The first-order valence-electron chi connectivity index (χ1n) is 6.98. The summed E-state index contributed by atoms with van der Waals surface area (Å²) in [5, 5.41) is 8.81. The van der Waals surface area contributed by atoms with E-state index in [1.54, 1.807) is 11.0 Å². The van der Waals surface area contributed by atoms with Crippen LogP contribution in [0.2, 0.25) is 0 Å². The number of amides is 1. The Labute approximate surface area is 120 Å². The zero-order valence-corrected chi connectivity index (χ0v) is 12.4. The Balaban J connectivity index is 2.82. The predicted octanol–water partition coefficient (Wildman–Crippen LogP) is 2.96. The average molecular weight is 277 g/mol. The maximum atomic E-state index is 12.5. The topological polar surface area (TPSA) is 57.6 Å². The van der Waals surface area contributed by atoms with Gasteiger partial charge in [-0.15, -0.1) is 0 Å². The Morgan fingerprint density at radius 1 is 1.20 bits per heavy atom. The second-order valence-electron chi connectivity index (χ2n) is 5.43. The van der Waals surface area contributed by atoms with Gasteiger partial charge >= 0.3 is 5.97 Å². The summed E-state index contributed by atoms with van der Waals surface area (Å²) in [5.41, 5.74) is 1.57. The molecule has 1 amide bonds. The van der Waals surface area contributed by atoms with E-state index < -0.39 is 5.97 Å². The van der Waals surface area contributed by atoms with Crippen molar-refractivity contribution in [3.63, 3.8) is 0 Å². The molecule has 1 aromatic rings. The zero-order valence-electron chi connectivity index (χ0n) is 12.4. The molecule has 0 aliphatic rings. The summed E-state index contributed by atoms with van der Waals surface area (Å²) in [6.45, 7) is 6.93. The molecule has 1 N–H and O–H groups in total. The number of carboxylic acid groups (broad SMARTS) is 1. The average Bonchev–Trinajstić information content (AvgIpc) is 2.38. The SMILES string of the molecule is Cc1ccccc1C(=O)N(CCC(=O)O)CCC(C)C. The number of nitrogens with zero attached hydrogens (tertiary/aromatic N) is 1. The molecule has 1 aromatic carbocycles. The third-order valence-corrected chi connectivity index (χ3v) is 3.23. The lowest BCUT2D eigenvalue weighted by Crippen LogP contribution is -2.34. The third kappa shape index (κ3) is 5.03. The van der Waals surface area contributed by atoms with Gasteiger partial charge in [0.1, 0.15) is 0 Å². The van der Waals surface area contributed by atoms with Crippen LogP contribution >= 0.6 is 0 Å². The molecular weight excluding hydrogens is 254 g/mol. The Morgan fingerprint density at radius 3 is 2.40 bits per heavy atom. The van der Waals surface area contributed by atoms with Crippen molar-refractivity contribution in [3.05, 3.63) is 35.4 Å². The number of aryl methyl sites for hydroxylation is 1. The molecule has 0 aromatic heterocycles. The molecule has 0 unspecified atom stereocenters. The molecule has 0 fully saturated rings. The van der Waals surface area contributed by atoms with Crippen LogP contribution in [0.3, 0.4) is 0 Å². The molecule has 0 saturated carbocycles. The standard InChI is InChI=1S/C16H23NO3/c1-12(2)8-10-17(11-9-15(18)19)16(20)14-7-5-4-6-13(14)3/h4-7,12H,8-11H2,1-3H3,(H,18,19). The van der Waals surface area contributed by atoms with Crippen molar-refractivity contribution in [1.29, 1.82) is 0 Å². The van der Waals surface area contributed by atoms with Crippen molar-refractivity contribution >= 4 is 11.9 Å². The van der Waals surface area contributed by atoms with Crippen LogP contribution in [0, 0.1) is 12.8 Å². The first kappa shape index (κ1) is 16.2. The first-order valence-corrected chi connectivity index (χ1v) is 6.98. The fourth-order valence-corrected chi connectivity index (χ4v) is 1.94.